The van der Waals surface area contributed by atoms with Gasteiger partial charge in [-0.15, -0.1) is 11.3 Å². The minimum absolute atomic E-state index is 0.0140. The number of hydrogen-bond acceptors (Lipinski definition) is 6. The molecule has 0 saturated heterocycles. The van der Waals surface area contributed by atoms with Gasteiger partial charge in [0.2, 0.25) is 5.96 Å². The van der Waals surface area contributed by atoms with Gasteiger partial charge in [0, 0.05) is 18.0 Å². The highest BCUT2D eigenvalue weighted by Gasteiger charge is 2.14. The second kappa shape index (κ2) is 6.34. The Morgan fingerprint density at radius 3 is 2.65 bits per heavy atom. The minimum Gasteiger partial charge on any atom is -0.326 e. The van der Waals surface area contributed by atoms with E-state index in [4.69, 9.17) is 0 Å². The number of thiazole rings is 1. The maximum Gasteiger partial charge on any atom is 0.200 e. The lowest BCUT2D eigenvalue weighted by atomic mass is 10.1. The fourth-order valence-corrected chi connectivity index (χ4v) is 3.15. The van der Waals surface area contributed by atoms with Gasteiger partial charge < -0.3 is 10.6 Å². The first-order valence-corrected chi connectivity index (χ1v) is 8.23. The Morgan fingerprint density at radius 2 is 2.00 bits per heavy atom. The second-order valence-electron chi connectivity index (χ2n) is 5.53. The van der Waals surface area contributed by atoms with Crippen molar-refractivity contribution in [1.82, 2.24) is 10.3 Å². The van der Waals surface area contributed by atoms with Crippen molar-refractivity contribution < 1.29 is 4.79 Å². The molecule has 1 aromatic carbocycles. The Labute approximate surface area is 139 Å². The van der Waals surface area contributed by atoms with Gasteiger partial charge in [-0.3, -0.25) is 4.79 Å². The van der Waals surface area contributed by atoms with Crippen LogP contribution in [0, 0.1) is 13.8 Å². The van der Waals surface area contributed by atoms with E-state index < -0.39 is 0 Å². The highest BCUT2D eigenvalue weighted by Crippen LogP contribution is 2.19. The number of ketones is 1. The van der Waals surface area contributed by atoms with Gasteiger partial charge in [-0.1, -0.05) is 6.07 Å². The molecule has 0 spiro atoms. The van der Waals surface area contributed by atoms with Gasteiger partial charge >= 0.3 is 0 Å². The van der Waals surface area contributed by atoms with Crippen LogP contribution in [0.15, 0.2) is 34.6 Å². The lowest BCUT2D eigenvalue weighted by molar-refractivity contribution is 0.101. The number of Topliss-reactive ketones (excluding diaryl/α,β-unsaturated/α-hetero) is 1. The van der Waals surface area contributed by atoms with Crippen molar-refractivity contribution in [3.8, 4) is 0 Å². The second-order valence-corrected chi connectivity index (χ2v) is 6.39. The van der Waals surface area contributed by atoms with Crippen LogP contribution in [0.2, 0.25) is 0 Å². The summed E-state index contributed by atoms with van der Waals surface area (Å²) in [4.78, 5) is 20.2. The van der Waals surface area contributed by atoms with E-state index in [-0.39, 0.29) is 5.78 Å². The van der Waals surface area contributed by atoms with Crippen molar-refractivity contribution in [3.05, 3.63) is 51.5 Å². The molecule has 3 rings (SSSR count). The number of aromatic nitrogens is 1. The minimum atomic E-state index is -0.0140. The first-order valence-electron chi connectivity index (χ1n) is 7.35. The number of anilines is 1. The Kier molecular flexibility index (Phi) is 4.25. The van der Waals surface area contributed by atoms with E-state index in [1.807, 2.05) is 11.5 Å². The summed E-state index contributed by atoms with van der Waals surface area (Å²) in [5.74, 6) is 0.671. The largest absolute Gasteiger partial charge is 0.326 e. The van der Waals surface area contributed by atoms with E-state index >= 15 is 0 Å². The smallest absolute Gasteiger partial charge is 0.200 e. The number of nitrogens with one attached hydrogen (secondary N) is 2. The van der Waals surface area contributed by atoms with Gasteiger partial charge in [-0.25, -0.2) is 9.98 Å². The molecule has 1 aromatic heterocycles. The van der Waals surface area contributed by atoms with E-state index in [9.17, 15) is 4.79 Å². The average Bonchev–Trinajstić information content (AvgIpc) is 2.96. The zero-order valence-corrected chi connectivity index (χ0v) is 14.1. The SMILES string of the molecule is CC(=O)c1nc(C2=CCN=C(Nc3cc(C)cc(C)c3)N2)cs1. The predicted octanol–water partition coefficient (Wildman–Crippen LogP) is 3.37. The molecule has 1 aliphatic heterocycles. The summed E-state index contributed by atoms with van der Waals surface area (Å²) in [6, 6.07) is 6.28. The molecule has 0 saturated carbocycles. The fraction of sp³-hybridized carbons (Fsp3) is 0.235. The van der Waals surface area contributed by atoms with E-state index in [0.29, 0.717) is 17.5 Å². The number of guanidine groups is 1. The van der Waals surface area contributed by atoms with Crippen LogP contribution in [0.5, 0.6) is 0 Å². The van der Waals surface area contributed by atoms with E-state index in [0.717, 1.165) is 17.1 Å². The third kappa shape index (κ3) is 3.65. The lowest BCUT2D eigenvalue weighted by Crippen LogP contribution is -2.32. The Morgan fingerprint density at radius 1 is 1.26 bits per heavy atom. The third-order valence-corrected chi connectivity index (χ3v) is 4.31. The van der Waals surface area contributed by atoms with Crippen molar-refractivity contribution in [2.75, 3.05) is 11.9 Å². The van der Waals surface area contributed by atoms with E-state index in [1.54, 1.807) is 0 Å². The summed E-state index contributed by atoms with van der Waals surface area (Å²) >= 11 is 1.36. The molecule has 0 amide bonds. The van der Waals surface area contributed by atoms with Gasteiger partial charge in [0.25, 0.3) is 0 Å². The van der Waals surface area contributed by atoms with Crippen molar-refractivity contribution in [2.24, 2.45) is 4.99 Å². The quantitative estimate of drug-likeness (QED) is 0.849. The molecule has 2 heterocycles. The maximum absolute atomic E-state index is 11.4. The van der Waals surface area contributed by atoms with Gasteiger partial charge in [0.15, 0.2) is 10.8 Å². The number of aliphatic imine (C=N–C) groups is 1. The number of aryl methyl sites for hydroxylation is 2. The zero-order valence-electron chi connectivity index (χ0n) is 13.3. The molecular weight excluding hydrogens is 308 g/mol. The van der Waals surface area contributed by atoms with Gasteiger partial charge in [-0.05, 0) is 43.2 Å². The molecule has 23 heavy (non-hydrogen) atoms. The summed E-state index contributed by atoms with van der Waals surface area (Å²) in [5.41, 5.74) is 5.04. The summed E-state index contributed by atoms with van der Waals surface area (Å²) < 4.78 is 0. The van der Waals surface area contributed by atoms with Crippen LogP contribution in [0.1, 0.15) is 33.5 Å². The number of carbonyl (C=O) groups excluding carboxylic acids is 1. The Bertz CT molecular complexity index is 800. The molecule has 1 aliphatic rings. The summed E-state index contributed by atoms with van der Waals surface area (Å²) in [5, 5.41) is 8.95. The van der Waals surface area contributed by atoms with Crippen molar-refractivity contribution >= 4 is 34.5 Å². The summed E-state index contributed by atoms with van der Waals surface area (Å²) in [6.07, 6.45) is 1.96. The zero-order chi connectivity index (χ0) is 16.4. The highest BCUT2D eigenvalue weighted by molar-refractivity contribution is 7.11. The topological polar surface area (TPSA) is 66.4 Å². The monoisotopic (exact) mass is 326 g/mol. The number of hydrogen-bond donors (Lipinski definition) is 2. The molecule has 2 N–H and O–H groups in total. The molecule has 5 nitrogen and oxygen atoms in total. The molecule has 6 heteroatoms. The van der Waals surface area contributed by atoms with E-state index in [1.165, 1.54) is 29.4 Å². The molecule has 0 fully saturated rings. The van der Waals surface area contributed by atoms with Crippen LogP contribution >= 0.6 is 11.3 Å². The Balaban J connectivity index is 1.74. The van der Waals surface area contributed by atoms with Crippen LogP contribution in [0.4, 0.5) is 5.69 Å². The predicted molar refractivity (Wildman–Crippen MR) is 95.1 cm³/mol. The first kappa shape index (κ1) is 15.4. The van der Waals surface area contributed by atoms with Crippen LogP contribution < -0.4 is 10.6 Å². The third-order valence-electron chi connectivity index (χ3n) is 3.36. The summed E-state index contributed by atoms with van der Waals surface area (Å²) in [6.45, 7) is 6.23. The molecule has 0 bridgehead atoms. The normalized spacial score (nSPS) is 13.9. The maximum atomic E-state index is 11.4. The molecule has 2 aromatic rings. The standard InChI is InChI=1S/C17H18N4OS/c1-10-6-11(2)8-13(7-10)19-17-18-5-4-14(21-17)15-9-23-16(20-15)12(3)22/h4,6-9H,5H2,1-3H3,(H2,18,19,21). The number of carbonyl (C=O) groups is 1. The van der Waals surface area contributed by atoms with Crippen LogP contribution in [0.3, 0.4) is 0 Å². The summed E-state index contributed by atoms with van der Waals surface area (Å²) in [7, 11) is 0. The number of rotatable bonds is 3. The molecule has 118 valence electrons. The van der Waals surface area contributed by atoms with Crippen molar-refractivity contribution in [1.29, 1.82) is 0 Å². The van der Waals surface area contributed by atoms with Gasteiger partial charge in [0.05, 0.1) is 17.9 Å². The lowest BCUT2D eigenvalue weighted by Gasteiger charge is -2.17. The average molecular weight is 326 g/mol. The van der Waals surface area contributed by atoms with Crippen molar-refractivity contribution in [2.45, 2.75) is 20.8 Å². The van der Waals surface area contributed by atoms with Crippen LogP contribution in [-0.4, -0.2) is 23.3 Å². The first-order chi connectivity index (χ1) is 11.0. The van der Waals surface area contributed by atoms with Crippen molar-refractivity contribution in [3.63, 3.8) is 0 Å². The molecule has 0 atom stereocenters. The number of nitrogens with zero attached hydrogens (tertiary/aromatic N) is 2. The van der Waals surface area contributed by atoms with Crippen LogP contribution in [-0.2, 0) is 0 Å². The van der Waals surface area contributed by atoms with Crippen LogP contribution in [0.25, 0.3) is 5.70 Å². The molecule has 0 unspecified atom stereocenters. The molecule has 0 radical (unpaired) electrons. The molecule has 0 aliphatic carbocycles. The van der Waals surface area contributed by atoms with Gasteiger partial charge in [0.1, 0.15) is 0 Å². The van der Waals surface area contributed by atoms with E-state index in [2.05, 4.69) is 52.7 Å². The van der Waals surface area contributed by atoms with Gasteiger partial charge in [-0.2, -0.15) is 0 Å². The highest BCUT2D eigenvalue weighted by atomic mass is 32.1. The fourth-order valence-electron chi connectivity index (χ4n) is 2.43. The Hall–Kier alpha value is -2.47. The molecular formula is C17H18N4OS. The number of benzene rings is 1.